The fourth-order valence-electron chi connectivity index (χ4n) is 3.31. The Labute approximate surface area is 124 Å². The summed E-state index contributed by atoms with van der Waals surface area (Å²) in [6, 6.07) is 2.13. The molecule has 0 bridgehead atoms. The van der Waals surface area contributed by atoms with Gasteiger partial charge in [0, 0.05) is 5.56 Å². The topological polar surface area (TPSA) is 55.8 Å². The molecule has 1 aliphatic carbocycles. The van der Waals surface area contributed by atoms with Crippen molar-refractivity contribution in [3.05, 3.63) is 23.3 Å². The molecular formula is C15H15F3O4. The molecule has 1 aliphatic heterocycles. The van der Waals surface area contributed by atoms with Crippen LogP contribution in [-0.4, -0.2) is 24.3 Å². The summed E-state index contributed by atoms with van der Waals surface area (Å²) in [7, 11) is 0. The average molecular weight is 316 g/mol. The number of aliphatic carboxylic acids is 1. The van der Waals surface area contributed by atoms with Crippen LogP contribution in [0.4, 0.5) is 13.2 Å². The van der Waals surface area contributed by atoms with Gasteiger partial charge in [-0.1, -0.05) is 18.9 Å². The molecule has 1 aromatic rings. The minimum Gasteiger partial charge on any atom is -0.486 e. The average Bonchev–Trinajstić information content (AvgIpc) is 2.95. The highest BCUT2D eigenvalue weighted by Crippen LogP contribution is 2.52. The van der Waals surface area contributed by atoms with Gasteiger partial charge in [0.15, 0.2) is 11.5 Å². The van der Waals surface area contributed by atoms with Crippen LogP contribution in [0.2, 0.25) is 0 Å². The molecule has 3 rings (SSSR count). The predicted octanol–water partition coefficient (Wildman–Crippen LogP) is 3.37. The smallest absolute Gasteiger partial charge is 0.420 e. The van der Waals surface area contributed by atoms with E-state index in [2.05, 4.69) is 0 Å². The van der Waals surface area contributed by atoms with Gasteiger partial charge in [0.25, 0.3) is 0 Å². The van der Waals surface area contributed by atoms with Crippen LogP contribution in [0, 0.1) is 0 Å². The molecule has 22 heavy (non-hydrogen) atoms. The van der Waals surface area contributed by atoms with Crippen molar-refractivity contribution in [2.45, 2.75) is 37.3 Å². The quantitative estimate of drug-likeness (QED) is 0.909. The largest absolute Gasteiger partial charge is 0.486 e. The highest BCUT2D eigenvalue weighted by atomic mass is 19.4. The monoisotopic (exact) mass is 316 g/mol. The molecular weight excluding hydrogens is 301 g/mol. The summed E-state index contributed by atoms with van der Waals surface area (Å²) >= 11 is 0. The maximum Gasteiger partial charge on any atom is 0.420 e. The van der Waals surface area contributed by atoms with E-state index in [1.165, 1.54) is 6.07 Å². The number of fused-ring (bicyclic) bond motifs is 1. The van der Waals surface area contributed by atoms with Crippen molar-refractivity contribution in [3.8, 4) is 11.5 Å². The molecule has 1 N–H and O–H groups in total. The first kappa shape index (κ1) is 15.0. The zero-order chi connectivity index (χ0) is 16.0. The van der Waals surface area contributed by atoms with Crippen molar-refractivity contribution >= 4 is 5.97 Å². The Morgan fingerprint density at radius 3 is 2.23 bits per heavy atom. The second kappa shape index (κ2) is 5.07. The van der Waals surface area contributed by atoms with Crippen LogP contribution in [0.5, 0.6) is 11.5 Å². The molecule has 0 spiro atoms. The van der Waals surface area contributed by atoms with Gasteiger partial charge in [0.2, 0.25) is 0 Å². The van der Waals surface area contributed by atoms with Gasteiger partial charge in [-0.15, -0.1) is 0 Å². The van der Waals surface area contributed by atoms with Crippen molar-refractivity contribution in [2.75, 3.05) is 13.2 Å². The molecule has 120 valence electrons. The van der Waals surface area contributed by atoms with Gasteiger partial charge in [-0.25, -0.2) is 0 Å². The van der Waals surface area contributed by atoms with Gasteiger partial charge in [0.05, 0.1) is 5.41 Å². The normalized spacial score (nSPS) is 20.0. The number of rotatable bonds is 2. The lowest BCUT2D eigenvalue weighted by molar-refractivity contribution is -0.143. The maximum absolute atomic E-state index is 13.1. The fraction of sp³-hybridized carbons (Fsp3) is 0.533. The SMILES string of the molecule is O=C(O)C1(c2ccc(C(F)(F)F)c3c2OCCO3)CCCC1. The Balaban J connectivity index is 2.20. The first-order valence-corrected chi connectivity index (χ1v) is 7.10. The van der Waals surface area contributed by atoms with Crippen LogP contribution in [0.1, 0.15) is 36.8 Å². The molecule has 0 amide bonds. The van der Waals surface area contributed by atoms with Crippen LogP contribution in [0.3, 0.4) is 0 Å². The Morgan fingerprint density at radius 1 is 1.09 bits per heavy atom. The maximum atomic E-state index is 13.1. The van der Waals surface area contributed by atoms with Crippen LogP contribution in [0.25, 0.3) is 0 Å². The summed E-state index contributed by atoms with van der Waals surface area (Å²) in [5.41, 5.74) is -1.82. The van der Waals surface area contributed by atoms with Crippen molar-refractivity contribution in [1.82, 2.24) is 0 Å². The Bertz CT molecular complexity index is 604. The van der Waals surface area contributed by atoms with Gasteiger partial charge in [-0.3, -0.25) is 4.79 Å². The number of hydrogen-bond donors (Lipinski definition) is 1. The fourth-order valence-corrected chi connectivity index (χ4v) is 3.31. The Hall–Kier alpha value is -1.92. The van der Waals surface area contributed by atoms with E-state index < -0.39 is 23.1 Å². The zero-order valence-electron chi connectivity index (χ0n) is 11.7. The summed E-state index contributed by atoms with van der Waals surface area (Å²) in [6.07, 6.45) is -2.34. The molecule has 0 saturated heterocycles. The molecule has 4 nitrogen and oxygen atoms in total. The third-order valence-corrected chi connectivity index (χ3v) is 4.38. The molecule has 1 aromatic carbocycles. The van der Waals surface area contributed by atoms with Crippen LogP contribution < -0.4 is 9.47 Å². The van der Waals surface area contributed by atoms with E-state index in [1.54, 1.807) is 0 Å². The number of alkyl halides is 3. The third-order valence-electron chi connectivity index (χ3n) is 4.38. The molecule has 0 radical (unpaired) electrons. The lowest BCUT2D eigenvalue weighted by Gasteiger charge is -2.31. The number of benzene rings is 1. The Kier molecular flexibility index (Phi) is 3.45. The number of carboxylic acid groups (broad SMARTS) is 1. The predicted molar refractivity (Wildman–Crippen MR) is 70.2 cm³/mol. The summed E-state index contributed by atoms with van der Waals surface area (Å²) in [6.45, 7) is 0.122. The summed E-state index contributed by atoms with van der Waals surface area (Å²) in [4.78, 5) is 11.8. The van der Waals surface area contributed by atoms with Gasteiger partial charge in [-0.05, 0) is 18.9 Å². The van der Waals surface area contributed by atoms with E-state index in [1.807, 2.05) is 0 Å². The minimum absolute atomic E-state index is 0.0135. The Morgan fingerprint density at radius 2 is 1.68 bits per heavy atom. The summed E-state index contributed by atoms with van der Waals surface area (Å²) in [5, 5.41) is 9.63. The summed E-state index contributed by atoms with van der Waals surface area (Å²) < 4.78 is 49.8. The van der Waals surface area contributed by atoms with Crippen LogP contribution >= 0.6 is 0 Å². The minimum atomic E-state index is -4.57. The van der Waals surface area contributed by atoms with Crippen LogP contribution in [-0.2, 0) is 16.4 Å². The summed E-state index contributed by atoms with van der Waals surface area (Å²) in [5.74, 6) is -1.48. The first-order chi connectivity index (χ1) is 10.4. The van der Waals surface area contributed by atoms with Crippen molar-refractivity contribution in [1.29, 1.82) is 0 Å². The third kappa shape index (κ3) is 2.19. The standard InChI is InChI=1S/C15H15F3O4/c16-15(17,18)10-4-3-9(11-12(10)22-8-7-21-11)14(13(19)20)5-1-2-6-14/h3-4H,1-2,5-8H2,(H,19,20). The lowest BCUT2D eigenvalue weighted by Crippen LogP contribution is -2.34. The molecule has 0 unspecified atom stereocenters. The highest BCUT2D eigenvalue weighted by molar-refractivity contribution is 5.83. The van der Waals surface area contributed by atoms with Crippen molar-refractivity contribution in [3.63, 3.8) is 0 Å². The van der Waals surface area contributed by atoms with E-state index in [4.69, 9.17) is 9.47 Å². The molecule has 7 heteroatoms. The van der Waals surface area contributed by atoms with E-state index in [0.717, 1.165) is 18.9 Å². The van der Waals surface area contributed by atoms with E-state index in [-0.39, 0.29) is 24.7 Å². The second-order valence-corrected chi connectivity index (χ2v) is 5.61. The van der Waals surface area contributed by atoms with E-state index in [9.17, 15) is 23.1 Å². The van der Waals surface area contributed by atoms with Crippen LogP contribution in [0.15, 0.2) is 12.1 Å². The van der Waals surface area contributed by atoms with Crippen molar-refractivity contribution in [2.24, 2.45) is 0 Å². The number of halogens is 3. The molecule has 1 heterocycles. The van der Waals surface area contributed by atoms with Gasteiger partial charge in [-0.2, -0.15) is 13.2 Å². The first-order valence-electron chi connectivity index (χ1n) is 7.10. The molecule has 2 aliphatic rings. The van der Waals surface area contributed by atoms with E-state index in [0.29, 0.717) is 18.4 Å². The lowest BCUT2D eigenvalue weighted by atomic mass is 9.77. The number of carbonyl (C=O) groups is 1. The van der Waals surface area contributed by atoms with Gasteiger partial charge in [0.1, 0.15) is 18.8 Å². The highest BCUT2D eigenvalue weighted by Gasteiger charge is 2.47. The van der Waals surface area contributed by atoms with E-state index >= 15 is 0 Å². The number of carboxylic acids is 1. The second-order valence-electron chi connectivity index (χ2n) is 5.61. The number of hydrogen-bond acceptors (Lipinski definition) is 3. The molecule has 0 aromatic heterocycles. The molecule has 0 atom stereocenters. The van der Waals surface area contributed by atoms with Gasteiger partial charge >= 0.3 is 12.1 Å². The van der Waals surface area contributed by atoms with Gasteiger partial charge < -0.3 is 14.6 Å². The number of ether oxygens (including phenoxy) is 2. The molecule has 1 fully saturated rings. The molecule has 1 saturated carbocycles. The zero-order valence-corrected chi connectivity index (χ0v) is 11.7. The van der Waals surface area contributed by atoms with Crippen molar-refractivity contribution < 1.29 is 32.5 Å².